The van der Waals surface area contributed by atoms with Gasteiger partial charge in [0.2, 0.25) is 0 Å². The summed E-state index contributed by atoms with van der Waals surface area (Å²) in [6.07, 6.45) is 3.29. The van der Waals surface area contributed by atoms with Gasteiger partial charge in [0.25, 0.3) is 0 Å². The van der Waals surface area contributed by atoms with Crippen LogP contribution in [0.5, 0.6) is 5.75 Å². The molecule has 1 saturated heterocycles. The molecule has 18 heavy (non-hydrogen) atoms. The van der Waals surface area contributed by atoms with E-state index in [9.17, 15) is 0 Å². The van der Waals surface area contributed by atoms with Crippen molar-refractivity contribution < 1.29 is 9.47 Å². The van der Waals surface area contributed by atoms with Crippen LogP contribution in [0.25, 0.3) is 0 Å². The maximum Gasteiger partial charge on any atom is 0.122 e. The molecule has 1 fully saturated rings. The number of hydrogen-bond acceptors (Lipinski definition) is 3. The molecular formula is C15H23NO2. The van der Waals surface area contributed by atoms with E-state index >= 15 is 0 Å². The largest absolute Gasteiger partial charge is 0.496 e. The summed E-state index contributed by atoms with van der Waals surface area (Å²) in [6.45, 7) is 2.78. The van der Waals surface area contributed by atoms with Crippen LogP contribution in [0.15, 0.2) is 24.3 Å². The van der Waals surface area contributed by atoms with Gasteiger partial charge in [0.1, 0.15) is 5.75 Å². The zero-order valence-corrected chi connectivity index (χ0v) is 11.4. The first-order valence-corrected chi connectivity index (χ1v) is 6.64. The second kappa shape index (κ2) is 6.21. The van der Waals surface area contributed by atoms with Crippen molar-refractivity contribution in [2.24, 2.45) is 5.41 Å². The first-order valence-electron chi connectivity index (χ1n) is 6.64. The van der Waals surface area contributed by atoms with E-state index in [-0.39, 0.29) is 0 Å². The van der Waals surface area contributed by atoms with Gasteiger partial charge in [0, 0.05) is 19.8 Å². The average Bonchev–Trinajstić information content (AvgIpc) is 2.40. The van der Waals surface area contributed by atoms with E-state index in [1.54, 1.807) is 7.11 Å². The molecule has 1 heterocycles. The Kier molecular flexibility index (Phi) is 4.61. The molecule has 1 N–H and O–H groups in total. The molecule has 100 valence electrons. The summed E-state index contributed by atoms with van der Waals surface area (Å²) in [6, 6.07) is 8.33. The summed E-state index contributed by atoms with van der Waals surface area (Å²) in [5, 5.41) is 3.34. The van der Waals surface area contributed by atoms with Crippen molar-refractivity contribution in [1.82, 2.24) is 5.32 Å². The molecular weight excluding hydrogens is 226 g/mol. The third-order valence-corrected chi connectivity index (χ3v) is 3.86. The molecule has 3 heteroatoms. The van der Waals surface area contributed by atoms with E-state index in [1.165, 1.54) is 5.56 Å². The van der Waals surface area contributed by atoms with Crippen LogP contribution >= 0.6 is 0 Å². The lowest BCUT2D eigenvalue weighted by atomic mass is 9.75. The van der Waals surface area contributed by atoms with Crippen LogP contribution in [-0.4, -0.2) is 33.9 Å². The summed E-state index contributed by atoms with van der Waals surface area (Å²) in [5.41, 5.74) is 1.61. The molecule has 0 amide bonds. The fourth-order valence-electron chi connectivity index (χ4n) is 2.85. The normalized spacial score (nSPS) is 18.6. The minimum atomic E-state index is 0.307. The SMILES string of the molecule is CNCC1(Cc2ccccc2OC)CCOCC1. The zero-order valence-electron chi connectivity index (χ0n) is 11.4. The third-order valence-electron chi connectivity index (χ3n) is 3.86. The van der Waals surface area contributed by atoms with Crippen LogP contribution in [0, 0.1) is 5.41 Å². The summed E-state index contributed by atoms with van der Waals surface area (Å²) >= 11 is 0. The Bertz CT molecular complexity index is 367. The Morgan fingerprint density at radius 3 is 2.67 bits per heavy atom. The molecule has 1 aliphatic rings. The van der Waals surface area contributed by atoms with Crippen molar-refractivity contribution in [2.45, 2.75) is 19.3 Å². The van der Waals surface area contributed by atoms with Gasteiger partial charge in [0.05, 0.1) is 7.11 Å². The first-order chi connectivity index (χ1) is 8.79. The van der Waals surface area contributed by atoms with Gasteiger partial charge in [-0.05, 0) is 43.4 Å². The van der Waals surface area contributed by atoms with Gasteiger partial charge in [0.15, 0.2) is 0 Å². The number of rotatable bonds is 5. The van der Waals surface area contributed by atoms with Crippen LogP contribution < -0.4 is 10.1 Å². The minimum absolute atomic E-state index is 0.307. The van der Waals surface area contributed by atoms with Gasteiger partial charge in [-0.25, -0.2) is 0 Å². The molecule has 0 aliphatic carbocycles. The van der Waals surface area contributed by atoms with Crippen LogP contribution in [-0.2, 0) is 11.2 Å². The standard InChI is InChI=1S/C15H23NO2/c1-16-12-15(7-9-18-10-8-15)11-13-5-3-4-6-14(13)17-2/h3-6,16H,7-12H2,1-2H3. The van der Waals surface area contributed by atoms with Crippen molar-refractivity contribution in [1.29, 1.82) is 0 Å². The van der Waals surface area contributed by atoms with Crippen molar-refractivity contribution in [3.8, 4) is 5.75 Å². The van der Waals surface area contributed by atoms with Gasteiger partial charge in [-0.15, -0.1) is 0 Å². The Hall–Kier alpha value is -1.06. The van der Waals surface area contributed by atoms with Crippen molar-refractivity contribution in [3.05, 3.63) is 29.8 Å². The molecule has 0 saturated carbocycles. The molecule has 0 aromatic heterocycles. The molecule has 3 nitrogen and oxygen atoms in total. The fourth-order valence-corrected chi connectivity index (χ4v) is 2.85. The minimum Gasteiger partial charge on any atom is -0.496 e. The molecule has 2 rings (SSSR count). The number of ether oxygens (including phenoxy) is 2. The van der Waals surface area contributed by atoms with Gasteiger partial charge >= 0.3 is 0 Å². The summed E-state index contributed by atoms with van der Waals surface area (Å²) in [5.74, 6) is 1.000. The summed E-state index contributed by atoms with van der Waals surface area (Å²) in [7, 11) is 3.77. The lowest BCUT2D eigenvalue weighted by Gasteiger charge is -2.37. The smallest absolute Gasteiger partial charge is 0.122 e. The Morgan fingerprint density at radius 1 is 1.28 bits per heavy atom. The molecule has 0 unspecified atom stereocenters. The van der Waals surface area contributed by atoms with E-state index in [0.29, 0.717) is 5.41 Å². The highest BCUT2D eigenvalue weighted by Gasteiger charge is 2.32. The number of methoxy groups -OCH3 is 1. The van der Waals surface area contributed by atoms with Gasteiger partial charge in [-0.3, -0.25) is 0 Å². The number of benzene rings is 1. The Morgan fingerprint density at radius 2 is 2.00 bits per heavy atom. The second-order valence-corrected chi connectivity index (χ2v) is 5.13. The summed E-state index contributed by atoms with van der Waals surface area (Å²) in [4.78, 5) is 0. The van der Waals surface area contributed by atoms with E-state index < -0.39 is 0 Å². The predicted molar refractivity (Wildman–Crippen MR) is 73.1 cm³/mol. The van der Waals surface area contributed by atoms with Gasteiger partial charge < -0.3 is 14.8 Å². The highest BCUT2D eigenvalue weighted by Crippen LogP contribution is 2.36. The number of hydrogen-bond donors (Lipinski definition) is 1. The maximum absolute atomic E-state index is 5.51. The van der Waals surface area contributed by atoms with Crippen LogP contribution in [0.3, 0.4) is 0 Å². The molecule has 1 aliphatic heterocycles. The van der Waals surface area contributed by atoms with Crippen molar-refractivity contribution in [2.75, 3.05) is 33.9 Å². The summed E-state index contributed by atoms with van der Waals surface area (Å²) < 4.78 is 11.0. The van der Waals surface area contributed by atoms with E-state index in [4.69, 9.17) is 9.47 Å². The number of para-hydroxylation sites is 1. The van der Waals surface area contributed by atoms with Gasteiger partial charge in [-0.2, -0.15) is 0 Å². The van der Waals surface area contributed by atoms with Crippen molar-refractivity contribution in [3.63, 3.8) is 0 Å². The average molecular weight is 249 g/mol. The predicted octanol–water partition coefficient (Wildman–Crippen LogP) is 2.25. The molecule has 0 atom stereocenters. The fraction of sp³-hybridized carbons (Fsp3) is 0.600. The van der Waals surface area contributed by atoms with E-state index in [0.717, 1.165) is 44.8 Å². The monoisotopic (exact) mass is 249 g/mol. The number of nitrogens with one attached hydrogen (secondary N) is 1. The lowest BCUT2D eigenvalue weighted by Crippen LogP contribution is -2.39. The first kappa shape index (κ1) is 13.4. The van der Waals surface area contributed by atoms with Crippen LogP contribution in [0.4, 0.5) is 0 Å². The molecule has 1 aromatic carbocycles. The Balaban J connectivity index is 2.17. The molecule has 0 radical (unpaired) electrons. The van der Waals surface area contributed by atoms with E-state index in [2.05, 4.69) is 17.4 Å². The third kappa shape index (κ3) is 3.03. The quantitative estimate of drug-likeness (QED) is 0.868. The van der Waals surface area contributed by atoms with Crippen molar-refractivity contribution >= 4 is 0 Å². The second-order valence-electron chi connectivity index (χ2n) is 5.13. The molecule has 1 aromatic rings. The van der Waals surface area contributed by atoms with Crippen LogP contribution in [0.2, 0.25) is 0 Å². The molecule has 0 bridgehead atoms. The Labute approximate surface area is 109 Å². The van der Waals surface area contributed by atoms with E-state index in [1.807, 2.05) is 19.2 Å². The maximum atomic E-state index is 5.51. The van der Waals surface area contributed by atoms with Gasteiger partial charge in [-0.1, -0.05) is 18.2 Å². The topological polar surface area (TPSA) is 30.5 Å². The molecule has 0 spiro atoms. The zero-order chi connectivity index (χ0) is 12.8. The van der Waals surface area contributed by atoms with Crippen LogP contribution in [0.1, 0.15) is 18.4 Å². The lowest BCUT2D eigenvalue weighted by molar-refractivity contribution is 0.0156. The highest BCUT2D eigenvalue weighted by molar-refractivity contribution is 5.34. The highest BCUT2D eigenvalue weighted by atomic mass is 16.5.